The van der Waals surface area contributed by atoms with Crippen LogP contribution in [0.3, 0.4) is 0 Å². The Morgan fingerprint density at radius 2 is 1.64 bits per heavy atom. The van der Waals surface area contributed by atoms with Crippen LogP contribution in [0.2, 0.25) is 0 Å². The number of rotatable bonds is 4. The van der Waals surface area contributed by atoms with E-state index < -0.39 is 13.1 Å². The summed E-state index contributed by atoms with van der Waals surface area (Å²) in [5, 5.41) is 20.1. The quantitative estimate of drug-likeness (QED) is 0.313. The maximum Gasteiger partial charge on any atom is 0.190 e. The Morgan fingerprint density at radius 3 is 2.32 bits per heavy atom. The van der Waals surface area contributed by atoms with Crippen molar-refractivity contribution < 1.29 is 13.5 Å². The van der Waals surface area contributed by atoms with Crippen molar-refractivity contribution in [2.45, 2.75) is 15.1 Å². The predicted octanol–water partition coefficient (Wildman–Crippen LogP) is 5.52. The highest BCUT2D eigenvalue weighted by Crippen LogP contribution is 2.36. The van der Waals surface area contributed by atoms with Crippen molar-refractivity contribution in [2.75, 3.05) is 0 Å². The van der Waals surface area contributed by atoms with E-state index in [4.69, 9.17) is 0 Å². The van der Waals surface area contributed by atoms with Crippen molar-refractivity contribution in [3.05, 3.63) is 60.7 Å². The minimum absolute atomic E-state index is 0.0420. The number of benzene rings is 3. The topological polar surface area (TPSA) is 79.1 Å². The normalized spacial score (nSPS) is 13.4. The zero-order valence-electron chi connectivity index (χ0n) is 13.3. The van der Waals surface area contributed by atoms with Crippen LogP contribution < -0.4 is 0 Å². The van der Waals surface area contributed by atoms with Crippen LogP contribution in [-0.4, -0.2) is 16.8 Å². The fraction of sp³-hybridized carbons (Fsp3) is 0.111. The van der Waals surface area contributed by atoms with Crippen LogP contribution in [0.1, 0.15) is 6.92 Å². The van der Waals surface area contributed by atoms with Crippen molar-refractivity contribution in [2.24, 2.45) is 10.2 Å². The lowest BCUT2D eigenvalue weighted by molar-refractivity contribution is 0.477. The Kier molecular flexibility index (Phi) is 5.05. The molecule has 1 N–H and O–H groups in total. The van der Waals surface area contributed by atoms with Crippen LogP contribution in [0.4, 0.5) is 11.4 Å². The standard InChI is InChI=1S/C18H15IN2O3S/c1-12(19)25(23,24)15-9-7-14(8-10-15)20-21-18-16-5-3-2-4-13(16)6-11-17(18)22/h2-12,22H,1H3. The van der Waals surface area contributed by atoms with Crippen LogP contribution in [0.25, 0.3) is 10.8 Å². The number of phenolic OH excluding ortho intramolecular Hbond substituents is 1. The largest absolute Gasteiger partial charge is 0.506 e. The van der Waals surface area contributed by atoms with E-state index in [0.29, 0.717) is 11.4 Å². The Labute approximate surface area is 159 Å². The summed E-state index contributed by atoms with van der Waals surface area (Å²) in [5.41, 5.74) is 0.892. The van der Waals surface area contributed by atoms with Crippen LogP contribution in [0.15, 0.2) is 75.8 Å². The molecule has 1 atom stereocenters. The molecule has 0 radical (unpaired) electrons. The number of hydrogen-bond acceptors (Lipinski definition) is 5. The molecule has 25 heavy (non-hydrogen) atoms. The second-order valence-electron chi connectivity index (χ2n) is 5.44. The molecule has 0 aliphatic rings. The average Bonchev–Trinajstić information content (AvgIpc) is 2.61. The van der Waals surface area contributed by atoms with Crippen LogP contribution in [0, 0.1) is 0 Å². The molecule has 7 heteroatoms. The molecule has 128 valence electrons. The van der Waals surface area contributed by atoms with Crippen molar-refractivity contribution >= 4 is 54.6 Å². The van der Waals surface area contributed by atoms with Crippen molar-refractivity contribution in [3.63, 3.8) is 0 Å². The van der Waals surface area contributed by atoms with Crippen molar-refractivity contribution in [1.29, 1.82) is 0 Å². The Morgan fingerprint density at radius 1 is 0.960 bits per heavy atom. The summed E-state index contributed by atoms with van der Waals surface area (Å²) in [6.45, 7) is 1.63. The van der Waals surface area contributed by atoms with E-state index in [2.05, 4.69) is 10.2 Å². The lowest BCUT2D eigenvalue weighted by Crippen LogP contribution is -2.10. The van der Waals surface area contributed by atoms with Gasteiger partial charge in [-0.15, -0.1) is 5.11 Å². The molecule has 5 nitrogen and oxygen atoms in total. The molecule has 0 bridgehead atoms. The maximum absolute atomic E-state index is 12.1. The summed E-state index contributed by atoms with van der Waals surface area (Å²) < 4.78 is 23.7. The molecule has 3 aromatic carbocycles. The number of aromatic hydroxyl groups is 1. The Bertz CT molecular complexity index is 1050. The van der Waals surface area contributed by atoms with Gasteiger partial charge in [0.2, 0.25) is 0 Å². The molecule has 3 rings (SSSR count). The lowest BCUT2D eigenvalue weighted by atomic mass is 10.1. The van der Waals surface area contributed by atoms with Crippen LogP contribution in [-0.2, 0) is 9.84 Å². The molecular formula is C18H15IN2O3S. The van der Waals surface area contributed by atoms with Gasteiger partial charge in [-0.05, 0) is 42.6 Å². The lowest BCUT2D eigenvalue weighted by Gasteiger charge is -2.06. The second kappa shape index (κ2) is 7.09. The van der Waals surface area contributed by atoms with E-state index >= 15 is 0 Å². The van der Waals surface area contributed by atoms with Gasteiger partial charge in [0.25, 0.3) is 0 Å². The molecule has 0 saturated carbocycles. The highest BCUT2D eigenvalue weighted by atomic mass is 127. The van der Waals surface area contributed by atoms with Gasteiger partial charge in [-0.3, -0.25) is 0 Å². The zero-order valence-corrected chi connectivity index (χ0v) is 16.3. The number of fused-ring (bicyclic) bond motifs is 1. The monoisotopic (exact) mass is 466 g/mol. The third-order valence-corrected chi connectivity index (χ3v) is 7.53. The number of sulfone groups is 1. The van der Waals surface area contributed by atoms with Gasteiger partial charge >= 0.3 is 0 Å². The summed E-state index contributed by atoms with van der Waals surface area (Å²) in [4.78, 5) is 0.251. The molecule has 0 fully saturated rings. The number of azo groups is 1. The Balaban J connectivity index is 1.95. The van der Waals surface area contributed by atoms with Crippen molar-refractivity contribution in [1.82, 2.24) is 0 Å². The first-order valence-corrected chi connectivity index (χ1v) is 10.3. The van der Waals surface area contributed by atoms with E-state index in [1.165, 1.54) is 12.1 Å². The van der Waals surface area contributed by atoms with Crippen LogP contribution >= 0.6 is 22.6 Å². The number of phenols is 1. The summed E-state index contributed by atoms with van der Waals surface area (Å²) in [7, 11) is -3.32. The van der Waals surface area contributed by atoms with Gasteiger partial charge < -0.3 is 5.11 Å². The van der Waals surface area contributed by atoms with Crippen LogP contribution in [0.5, 0.6) is 5.75 Å². The molecule has 0 saturated heterocycles. The molecule has 3 aromatic rings. The fourth-order valence-corrected chi connectivity index (χ4v) is 4.12. The third kappa shape index (κ3) is 3.67. The van der Waals surface area contributed by atoms with E-state index in [1.54, 1.807) is 25.1 Å². The van der Waals surface area contributed by atoms with Gasteiger partial charge in [-0.25, -0.2) is 8.42 Å². The summed E-state index contributed by atoms with van der Waals surface area (Å²) in [6.07, 6.45) is 0. The van der Waals surface area contributed by atoms with E-state index in [1.807, 2.05) is 52.9 Å². The summed E-state index contributed by atoms with van der Waals surface area (Å²) in [5.74, 6) is 0.0420. The highest BCUT2D eigenvalue weighted by molar-refractivity contribution is 14.1. The van der Waals surface area contributed by atoms with E-state index in [-0.39, 0.29) is 10.6 Å². The van der Waals surface area contributed by atoms with Gasteiger partial charge in [0.15, 0.2) is 9.84 Å². The first-order valence-electron chi connectivity index (χ1n) is 7.50. The summed E-state index contributed by atoms with van der Waals surface area (Å²) >= 11 is 1.88. The average molecular weight is 466 g/mol. The maximum atomic E-state index is 12.1. The molecule has 0 aromatic heterocycles. The van der Waals surface area contributed by atoms with E-state index in [0.717, 1.165) is 10.8 Å². The minimum Gasteiger partial charge on any atom is -0.506 e. The molecular weight excluding hydrogens is 451 g/mol. The van der Waals surface area contributed by atoms with Gasteiger partial charge in [0.05, 0.1) is 10.6 Å². The molecule has 0 aliphatic heterocycles. The molecule has 0 heterocycles. The molecule has 1 unspecified atom stereocenters. The number of halogens is 1. The SMILES string of the molecule is CC(I)S(=O)(=O)c1ccc(N=Nc2c(O)ccc3ccccc23)cc1. The smallest absolute Gasteiger partial charge is 0.190 e. The molecule has 0 aliphatic carbocycles. The number of alkyl halides is 1. The molecule has 0 spiro atoms. The molecule has 0 amide bonds. The van der Waals surface area contributed by atoms with Gasteiger partial charge in [-0.2, -0.15) is 5.11 Å². The minimum atomic E-state index is -3.32. The second-order valence-corrected chi connectivity index (χ2v) is 10.4. The zero-order chi connectivity index (χ0) is 18.0. The predicted molar refractivity (Wildman–Crippen MR) is 107 cm³/mol. The van der Waals surface area contributed by atoms with E-state index in [9.17, 15) is 13.5 Å². The fourth-order valence-electron chi connectivity index (χ4n) is 2.35. The summed E-state index contributed by atoms with van der Waals surface area (Å²) in [6, 6.07) is 17.2. The van der Waals surface area contributed by atoms with Crippen molar-refractivity contribution in [3.8, 4) is 5.75 Å². The first-order chi connectivity index (χ1) is 11.9. The van der Waals surface area contributed by atoms with Gasteiger partial charge in [0.1, 0.15) is 14.7 Å². The third-order valence-electron chi connectivity index (χ3n) is 3.74. The first kappa shape index (κ1) is 17.8. The number of hydrogen-bond donors (Lipinski definition) is 1. The number of nitrogens with zero attached hydrogens (tertiary/aromatic N) is 2. The Hall–Kier alpha value is -2.00. The van der Waals surface area contributed by atoms with Gasteiger partial charge in [0, 0.05) is 5.39 Å². The van der Waals surface area contributed by atoms with Gasteiger partial charge in [-0.1, -0.05) is 52.9 Å². The highest BCUT2D eigenvalue weighted by Gasteiger charge is 2.20.